The van der Waals surface area contributed by atoms with E-state index < -0.39 is 5.97 Å². The highest BCUT2D eigenvalue weighted by Crippen LogP contribution is 2.06. The summed E-state index contributed by atoms with van der Waals surface area (Å²) in [7, 11) is 0. The molecular weight excluding hydrogens is 212 g/mol. The van der Waals surface area contributed by atoms with Crippen LogP contribution >= 0.6 is 0 Å². The number of carbonyl (C=O) groups excluding carboxylic acids is 2. The van der Waals surface area contributed by atoms with Gasteiger partial charge in [-0.1, -0.05) is 0 Å². The van der Waals surface area contributed by atoms with Crippen LogP contribution in [0.25, 0.3) is 0 Å². The zero-order valence-corrected chi connectivity index (χ0v) is 9.48. The molecule has 92 valence electrons. The van der Waals surface area contributed by atoms with Gasteiger partial charge in [-0.15, -0.1) is 0 Å². The van der Waals surface area contributed by atoms with Gasteiger partial charge >= 0.3 is 11.9 Å². The van der Waals surface area contributed by atoms with Crippen molar-refractivity contribution < 1.29 is 24.2 Å². The molecule has 0 unspecified atom stereocenters. The quantitative estimate of drug-likeness (QED) is 0.444. The highest BCUT2D eigenvalue weighted by Gasteiger charge is 2.05. The van der Waals surface area contributed by atoms with Gasteiger partial charge in [0, 0.05) is 6.42 Å². The Kier molecular flexibility index (Phi) is 9.06. The summed E-state index contributed by atoms with van der Waals surface area (Å²) in [5.41, 5.74) is 0. The van der Waals surface area contributed by atoms with Gasteiger partial charge in [0.15, 0.2) is 0 Å². The van der Waals surface area contributed by atoms with E-state index in [9.17, 15) is 9.59 Å². The van der Waals surface area contributed by atoms with Crippen molar-refractivity contribution in [3.05, 3.63) is 12.3 Å². The van der Waals surface area contributed by atoms with E-state index >= 15 is 0 Å². The Hall–Kier alpha value is -1.52. The molecule has 0 amide bonds. The van der Waals surface area contributed by atoms with E-state index in [2.05, 4.69) is 4.74 Å². The second kappa shape index (κ2) is 10.0. The van der Waals surface area contributed by atoms with Crippen molar-refractivity contribution in [2.24, 2.45) is 0 Å². The molecule has 1 fully saturated rings. The SMILES string of the molecule is CCOC(=O)C=CO.O=C1CCCCCO1. The first-order valence-corrected chi connectivity index (χ1v) is 5.33. The Morgan fingerprint density at radius 1 is 1.50 bits per heavy atom. The van der Waals surface area contributed by atoms with Gasteiger partial charge in [0.25, 0.3) is 0 Å². The van der Waals surface area contributed by atoms with Gasteiger partial charge in [-0.3, -0.25) is 4.79 Å². The first-order chi connectivity index (χ1) is 7.70. The summed E-state index contributed by atoms with van der Waals surface area (Å²) in [5.74, 6) is -0.544. The molecule has 0 radical (unpaired) electrons. The molecule has 1 N–H and O–H groups in total. The van der Waals surface area contributed by atoms with Gasteiger partial charge in [0.1, 0.15) is 0 Å². The van der Waals surface area contributed by atoms with Crippen molar-refractivity contribution in [2.75, 3.05) is 13.2 Å². The summed E-state index contributed by atoms with van der Waals surface area (Å²) in [4.78, 5) is 20.6. The topological polar surface area (TPSA) is 72.8 Å². The molecule has 0 saturated carbocycles. The highest BCUT2D eigenvalue weighted by atomic mass is 16.5. The zero-order valence-electron chi connectivity index (χ0n) is 9.48. The van der Waals surface area contributed by atoms with Gasteiger partial charge in [0.05, 0.1) is 25.6 Å². The smallest absolute Gasteiger partial charge is 0.333 e. The standard InChI is InChI=1S/C6H10O2.C5H8O3/c7-6-4-2-1-3-5-8-6;1-2-8-5(7)3-4-6/h1-5H2;3-4,6H,2H2,1H3. The normalized spacial score (nSPS) is 15.7. The highest BCUT2D eigenvalue weighted by molar-refractivity contribution is 5.81. The van der Waals surface area contributed by atoms with Crippen molar-refractivity contribution in [1.82, 2.24) is 0 Å². The minimum absolute atomic E-state index is 0.0255. The van der Waals surface area contributed by atoms with Gasteiger partial charge < -0.3 is 14.6 Å². The fraction of sp³-hybridized carbons (Fsp3) is 0.636. The summed E-state index contributed by atoms with van der Waals surface area (Å²) >= 11 is 0. The van der Waals surface area contributed by atoms with E-state index in [1.165, 1.54) is 0 Å². The monoisotopic (exact) mass is 230 g/mol. The van der Waals surface area contributed by atoms with Crippen molar-refractivity contribution in [1.29, 1.82) is 0 Å². The third kappa shape index (κ3) is 9.05. The Morgan fingerprint density at radius 2 is 2.25 bits per heavy atom. The predicted octanol–water partition coefficient (Wildman–Crippen LogP) is 1.72. The maximum Gasteiger partial charge on any atom is 0.333 e. The molecule has 1 heterocycles. The summed E-state index contributed by atoms with van der Waals surface area (Å²) in [6, 6.07) is 0. The fourth-order valence-electron chi connectivity index (χ4n) is 1.06. The van der Waals surface area contributed by atoms with Gasteiger partial charge in [0.2, 0.25) is 0 Å². The average Bonchev–Trinajstić information content (AvgIpc) is 2.47. The van der Waals surface area contributed by atoms with E-state index in [-0.39, 0.29) is 5.97 Å². The molecule has 1 aliphatic rings. The second-order valence-electron chi connectivity index (χ2n) is 3.10. The predicted molar refractivity (Wildman–Crippen MR) is 57.8 cm³/mol. The van der Waals surface area contributed by atoms with Gasteiger partial charge in [-0.2, -0.15) is 0 Å². The lowest BCUT2D eigenvalue weighted by molar-refractivity contribution is -0.142. The second-order valence-corrected chi connectivity index (χ2v) is 3.10. The molecular formula is C11H18O5. The summed E-state index contributed by atoms with van der Waals surface area (Å²) in [6.07, 6.45) is 5.43. The Bertz CT molecular complexity index is 225. The van der Waals surface area contributed by atoms with E-state index in [1.807, 2.05) is 0 Å². The number of hydrogen-bond acceptors (Lipinski definition) is 5. The van der Waals surface area contributed by atoms with Crippen LogP contribution in [-0.4, -0.2) is 30.3 Å². The van der Waals surface area contributed by atoms with Crippen LogP contribution in [0.4, 0.5) is 0 Å². The van der Waals surface area contributed by atoms with E-state index in [4.69, 9.17) is 9.84 Å². The molecule has 5 nitrogen and oxygen atoms in total. The third-order valence-corrected chi connectivity index (χ3v) is 1.79. The van der Waals surface area contributed by atoms with Crippen molar-refractivity contribution in [3.63, 3.8) is 0 Å². The van der Waals surface area contributed by atoms with Crippen LogP contribution in [0.2, 0.25) is 0 Å². The number of cyclic esters (lactones) is 1. The lowest BCUT2D eigenvalue weighted by Crippen LogP contribution is -2.00. The van der Waals surface area contributed by atoms with Crippen LogP contribution in [0.3, 0.4) is 0 Å². The first-order valence-electron chi connectivity index (χ1n) is 5.33. The van der Waals surface area contributed by atoms with E-state index in [0.717, 1.165) is 25.3 Å². The first kappa shape index (κ1) is 14.5. The molecule has 1 rings (SSSR count). The molecule has 0 aromatic heterocycles. The third-order valence-electron chi connectivity index (χ3n) is 1.79. The van der Waals surface area contributed by atoms with Crippen LogP contribution in [0.15, 0.2) is 12.3 Å². The zero-order chi connectivity index (χ0) is 12.2. The van der Waals surface area contributed by atoms with Crippen LogP contribution in [0.5, 0.6) is 0 Å². The minimum Gasteiger partial charge on any atom is -0.515 e. The largest absolute Gasteiger partial charge is 0.515 e. The van der Waals surface area contributed by atoms with Crippen LogP contribution in [0, 0.1) is 0 Å². The number of esters is 2. The van der Waals surface area contributed by atoms with Crippen LogP contribution in [-0.2, 0) is 19.1 Å². The van der Waals surface area contributed by atoms with Crippen molar-refractivity contribution in [2.45, 2.75) is 32.6 Å². The van der Waals surface area contributed by atoms with Crippen molar-refractivity contribution >= 4 is 11.9 Å². The Morgan fingerprint density at radius 3 is 2.88 bits per heavy atom. The number of carbonyl (C=O) groups is 2. The summed E-state index contributed by atoms with van der Waals surface area (Å²) in [5, 5.41) is 7.98. The van der Waals surface area contributed by atoms with E-state index in [0.29, 0.717) is 25.9 Å². The molecule has 0 atom stereocenters. The maximum atomic E-state index is 10.5. The Balaban J connectivity index is 0.000000281. The molecule has 0 aliphatic carbocycles. The molecule has 1 aliphatic heterocycles. The molecule has 0 aromatic rings. The number of hydrogen-bond donors (Lipinski definition) is 1. The number of aliphatic hydroxyl groups is 1. The molecule has 0 bridgehead atoms. The Labute approximate surface area is 95.0 Å². The van der Waals surface area contributed by atoms with Gasteiger partial charge in [-0.05, 0) is 26.2 Å². The molecule has 0 spiro atoms. The van der Waals surface area contributed by atoms with Crippen LogP contribution < -0.4 is 0 Å². The number of rotatable bonds is 2. The van der Waals surface area contributed by atoms with Crippen molar-refractivity contribution in [3.8, 4) is 0 Å². The molecule has 16 heavy (non-hydrogen) atoms. The molecule has 5 heteroatoms. The average molecular weight is 230 g/mol. The molecule has 0 aromatic carbocycles. The molecule has 1 saturated heterocycles. The summed E-state index contributed by atoms with van der Waals surface area (Å²) < 4.78 is 9.16. The number of aliphatic hydroxyl groups excluding tert-OH is 1. The van der Waals surface area contributed by atoms with E-state index in [1.54, 1.807) is 6.92 Å². The van der Waals surface area contributed by atoms with Gasteiger partial charge in [-0.25, -0.2) is 4.79 Å². The van der Waals surface area contributed by atoms with Crippen LogP contribution in [0.1, 0.15) is 32.6 Å². The lowest BCUT2D eigenvalue weighted by atomic mass is 10.2. The fourth-order valence-corrected chi connectivity index (χ4v) is 1.06. The number of ether oxygens (including phenoxy) is 2. The minimum atomic E-state index is -0.519. The maximum absolute atomic E-state index is 10.5. The summed E-state index contributed by atoms with van der Waals surface area (Å²) in [6.45, 7) is 2.67. The lowest BCUT2D eigenvalue weighted by Gasteiger charge is -1.93.